The average molecular weight is 420 g/mol. The van der Waals surface area contributed by atoms with Gasteiger partial charge in [-0.1, -0.05) is 12.1 Å². The lowest BCUT2D eigenvalue weighted by Crippen LogP contribution is -2.29. The number of para-hydroxylation sites is 2. The molecule has 4 rings (SSSR count). The Labute approximate surface area is 184 Å². The van der Waals surface area contributed by atoms with Crippen molar-refractivity contribution in [3.8, 4) is 0 Å². The van der Waals surface area contributed by atoms with E-state index in [9.17, 15) is 0 Å². The van der Waals surface area contributed by atoms with E-state index in [1.165, 1.54) is 11.1 Å². The number of nitrogens with one attached hydrogen (secondary N) is 2. The van der Waals surface area contributed by atoms with Crippen molar-refractivity contribution in [2.45, 2.75) is 51.0 Å². The van der Waals surface area contributed by atoms with Gasteiger partial charge in [-0.3, -0.25) is 10.4 Å². The van der Waals surface area contributed by atoms with Crippen LogP contribution in [0.5, 0.6) is 0 Å². The van der Waals surface area contributed by atoms with Crippen molar-refractivity contribution in [3.63, 3.8) is 0 Å². The average Bonchev–Trinajstić information content (AvgIpc) is 3.18. The lowest BCUT2D eigenvalue weighted by atomic mass is 9.88. The van der Waals surface area contributed by atoms with E-state index in [-0.39, 0.29) is 6.04 Å². The van der Waals surface area contributed by atoms with E-state index in [1.807, 2.05) is 38.5 Å². The van der Waals surface area contributed by atoms with Crippen LogP contribution in [0.2, 0.25) is 0 Å². The van der Waals surface area contributed by atoms with Crippen LogP contribution in [0.1, 0.15) is 60.8 Å². The minimum Gasteiger partial charge on any atom is -0.365 e. The van der Waals surface area contributed by atoms with E-state index in [2.05, 4.69) is 27.4 Å². The molecule has 7 nitrogen and oxygen atoms in total. The Morgan fingerprint density at radius 1 is 1.26 bits per heavy atom. The number of pyridine rings is 1. The minimum atomic E-state index is 0.142. The molecule has 0 radical (unpaired) electrons. The van der Waals surface area contributed by atoms with Crippen LogP contribution in [0.3, 0.4) is 0 Å². The molecule has 1 aliphatic rings. The number of aromatic nitrogens is 3. The summed E-state index contributed by atoms with van der Waals surface area (Å²) in [6.07, 6.45) is 8.94. The Morgan fingerprint density at radius 3 is 2.94 bits per heavy atom. The third kappa shape index (κ3) is 5.05. The second kappa shape index (κ2) is 9.92. The monoisotopic (exact) mass is 419 g/mol. The fourth-order valence-electron chi connectivity index (χ4n) is 4.28. The van der Waals surface area contributed by atoms with Crippen molar-refractivity contribution in [1.82, 2.24) is 25.3 Å². The summed E-state index contributed by atoms with van der Waals surface area (Å²) in [4.78, 5) is 15.1. The molecule has 31 heavy (non-hydrogen) atoms. The number of fused-ring (bicyclic) bond motifs is 2. The molecule has 3 aromatic rings. The van der Waals surface area contributed by atoms with Gasteiger partial charge in [-0.25, -0.2) is 4.98 Å². The lowest BCUT2D eigenvalue weighted by molar-refractivity contribution is 0.451. The number of amidine groups is 1. The van der Waals surface area contributed by atoms with E-state index < -0.39 is 0 Å². The van der Waals surface area contributed by atoms with Gasteiger partial charge < -0.3 is 15.6 Å². The van der Waals surface area contributed by atoms with E-state index in [1.54, 1.807) is 0 Å². The van der Waals surface area contributed by atoms with Gasteiger partial charge in [0, 0.05) is 33.1 Å². The Bertz CT molecular complexity index is 1000. The molecular formula is C24H33N7. The predicted molar refractivity (Wildman–Crippen MR) is 126 cm³/mol. The van der Waals surface area contributed by atoms with Crippen LogP contribution in [0.25, 0.3) is 11.0 Å². The van der Waals surface area contributed by atoms with Crippen molar-refractivity contribution < 1.29 is 0 Å². The second-order valence-electron chi connectivity index (χ2n) is 8.45. The van der Waals surface area contributed by atoms with Gasteiger partial charge in [-0.2, -0.15) is 5.10 Å². The van der Waals surface area contributed by atoms with Crippen LogP contribution < -0.4 is 11.2 Å². The first-order valence-corrected chi connectivity index (χ1v) is 11.3. The normalized spacial score (nSPS) is 16.4. The van der Waals surface area contributed by atoms with Crippen molar-refractivity contribution in [1.29, 1.82) is 0 Å². The molecule has 0 spiro atoms. The molecule has 0 saturated carbocycles. The third-order valence-corrected chi connectivity index (χ3v) is 5.95. The summed E-state index contributed by atoms with van der Waals surface area (Å²) >= 11 is 0. The number of H-pyrrole nitrogens is 1. The van der Waals surface area contributed by atoms with Crippen molar-refractivity contribution in [2.24, 2.45) is 10.8 Å². The number of rotatable bonds is 8. The molecule has 0 amide bonds. The quantitative estimate of drug-likeness (QED) is 0.225. The van der Waals surface area contributed by atoms with E-state index in [0.717, 1.165) is 79.9 Å². The summed E-state index contributed by atoms with van der Waals surface area (Å²) in [6.45, 7) is 0.724. The van der Waals surface area contributed by atoms with Crippen LogP contribution >= 0.6 is 0 Å². The van der Waals surface area contributed by atoms with Gasteiger partial charge in [0.15, 0.2) is 0 Å². The maximum absolute atomic E-state index is 5.64. The van der Waals surface area contributed by atoms with Crippen molar-refractivity contribution in [2.75, 3.05) is 20.6 Å². The molecule has 0 fully saturated rings. The zero-order valence-electron chi connectivity index (χ0n) is 18.6. The zero-order chi connectivity index (χ0) is 21.6. The van der Waals surface area contributed by atoms with Crippen LogP contribution in [-0.4, -0.2) is 46.3 Å². The van der Waals surface area contributed by atoms with Crippen LogP contribution in [0, 0.1) is 0 Å². The van der Waals surface area contributed by atoms with E-state index in [4.69, 9.17) is 20.8 Å². The number of benzene rings is 1. The molecular weight excluding hydrogens is 386 g/mol. The highest BCUT2D eigenvalue weighted by atomic mass is 15.4. The maximum Gasteiger partial charge on any atom is 0.124 e. The standard InChI is InChI=1S/C24H33N7/c1-31(2)23(12-5-6-14-25)30-29-21-11-7-8-18-17(13-15-26-24(18)21)16-22-27-19-9-3-4-10-20(19)28-22/h3-4,9-10,13,15,21,29H,5-8,11-12,14,16,25H2,1-2H3,(H,27,28). The topological polar surface area (TPSA) is 95.2 Å². The SMILES string of the molecule is CN(C)C(CCCCN)=NNC1CCCc2c(Cc3nc4ccccc4[nH]3)ccnc21. The van der Waals surface area contributed by atoms with Gasteiger partial charge in [0.1, 0.15) is 11.7 Å². The molecule has 1 atom stereocenters. The van der Waals surface area contributed by atoms with Crippen LogP contribution in [-0.2, 0) is 12.8 Å². The third-order valence-electron chi connectivity index (χ3n) is 5.95. The van der Waals surface area contributed by atoms with Gasteiger partial charge in [-0.05, 0) is 68.0 Å². The number of imidazole rings is 1. The van der Waals surface area contributed by atoms with E-state index in [0.29, 0.717) is 0 Å². The molecule has 1 aromatic carbocycles. The first-order chi connectivity index (χ1) is 15.2. The van der Waals surface area contributed by atoms with Crippen LogP contribution in [0.15, 0.2) is 41.6 Å². The summed E-state index contributed by atoms with van der Waals surface area (Å²) in [5.74, 6) is 2.05. The van der Waals surface area contributed by atoms with Crippen molar-refractivity contribution >= 4 is 16.9 Å². The smallest absolute Gasteiger partial charge is 0.124 e. The highest BCUT2D eigenvalue weighted by molar-refractivity contribution is 5.81. The number of nitrogens with two attached hydrogens (primary N) is 1. The summed E-state index contributed by atoms with van der Waals surface area (Å²) in [7, 11) is 4.09. The summed E-state index contributed by atoms with van der Waals surface area (Å²) in [6, 6.07) is 10.5. The molecule has 164 valence electrons. The molecule has 0 saturated heterocycles. The van der Waals surface area contributed by atoms with Gasteiger partial charge in [0.05, 0.1) is 22.8 Å². The van der Waals surface area contributed by atoms with Gasteiger partial charge in [0.25, 0.3) is 0 Å². The number of aromatic amines is 1. The molecule has 0 bridgehead atoms. The molecule has 1 aliphatic carbocycles. The predicted octanol–water partition coefficient (Wildman–Crippen LogP) is 3.52. The molecule has 4 N–H and O–H groups in total. The number of nitrogens with zero attached hydrogens (tertiary/aromatic N) is 4. The van der Waals surface area contributed by atoms with Gasteiger partial charge in [-0.15, -0.1) is 0 Å². The first kappa shape index (κ1) is 21.3. The first-order valence-electron chi connectivity index (χ1n) is 11.3. The minimum absolute atomic E-state index is 0.142. The summed E-state index contributed by atoms with van der Waals surface area (Å²) in [5, 5.41) is 4.75. The molecule has 2 aromatic heterocycles. The molecule has 1 unspecified atom stereocenters. The maximum atomic E-state index is 5.64. The highest BCUT2D eigenvalue weighted by Gasteiger charge is 2.24. The fourth-order valence-corrected chi connectivity index (χ4v) is 4.28. The Morgan fingerprint density at radius 2 is 2.13 bits per heavy atom. The summed E-state index contributed by atoms with van der Waals surface area (Å²) < 4.78 is 0. The lowest BCUT2D eigenvalue weighted by Gasteiger charge is -2.27. The highest BCUT2D eigenvalue weighted by Crippen LogP contribution is 2.31. The number of hydrazone groups is 1. The molecule has 2 heterocycles. The largest absolute Gasteiger partial charge is 0.365 e. The molecule has 7 heteroatoms. The Balaban J connectivity index is 1.52. The van der Waals surface area contributed by atoms with Gasteiger partial charge in [0.2, 0.25) is 0 Å². The van der Waals surface area contributed by atoms with Gasteiger partial charge >= 0.3 is 0 Å². The number of hydrogen-bond acceptors (Lipinski definition) is 5. The fraction of sp³-hybridized carbons (Fsp3) is 0.458. The number of hydrogen-bond donors (Lipinski definition) is 3. The van der Waals surface area contributed by atoms with Crippen molar-refractivity contribution in [3.05, 3.63) is 59.2 Å². The van der Waals surface area contributed by atoms with Crippen LogP contribution in [0.4, 0.5) is 0 Å². The summed E-state index contributed by atoms with van der Waals surface area (Å²) in [5.41, 5.74) is 14.9. The molecule has 0 aliphatic heterocycles. The number of unbranched alkanes of at least 4 members (excludes halogenated alkanes) is 1. The Hall–Kier alpha value is -2.93. The Kier molecular flexibility index (Phi) is 6.82. The second-order valence-corrected chi connectivity index (χ2v) is 8.45. The van der Waals surface area contributed by atoms with E-state index >= 15 is 0 Å². The zero-order valence-corrected chi connectivity index (χ0v) is 18.6.